The van der Waals surface area contributed by atoms with Crippen molar-refractivity contribution in [1.29, 1.82) is 0 Å². The van der Waals surface area contributed by atoms with Crippen LogP contribution in [0.3, 0.4) is 0 Å². The molecule has 2 amide bonds. The number of hydrogen-bond acceptors (Lipinski definition) is 3. The summed E-state index contributed by atoms with van der Waals surface area (Å²) in [5.41, 5.74) is 2.84. The fourth-order valence-electron chi connectivity index (χ4n) is 2.51. The van der Waals surface area contributed by atoms with Crippen LogP contribution >= 0.6 is 0 Å². The van der Waals surface area contributed by atoms with Gasteiger partial charge in [-0.25, -0.2) is 4.98 Å². The number of nitrogens with one attached hydrogen (secondary N) is 2. The first-order valence-electron chi connectivity index (χ1n) is 8.11. The first-order valence-corrected chi connectivity index (χ1v) is 8.11. The van der Waals surface area contributed by atoms with Crippen LogP contribution in [0.15, 0.2) is 24.4 Å². The number of amides is 2. The topological polar surface area (TPSA) is 75.5 Å². The van der Waals surface area contributed by atoms with Crippen molar-refractivity contribution in [2.24, 2.45) is 5.92 Å². The monoisotopic (exact) mass is 314 g/mol. The van der Waals surface area contributed by atoms with Gasteiger partial charge in [0.05, 0.1) is 12.2 Å². The van der Waals surface area contributed by atoms with E-state index in [4.69, 9.17) is 0 Å². The first-order chi connectivity index (χ1) is 11.1. The summed E-state index contributed by atoms with van der Waals surface area (Å²) in [5, 5.41) is 5.74. The van der Waals surface area contributed by atoms with Crippen molar-refractivity contribution in [1.82, 2.24) is 20.0 Å². The molecule has 0 spiro atoms. The lowest BCUT2D eigenvalue weighted by Gasteiger charge is -2.05. The van der Waals surface area contributed by atoms with Crippen LogP contribution in [0.2, 0.25) is 0 Å². The minimum Gasteiger partial charge on any atom is -0.356 e. The molecular weight excluding hydrogens is 292 g/mol. The Morgan fingerprint density at radius 3 is 2.87 bits per heavy atom. The molecule has 0 unspecified atom stereocenters. The largest absolute Gasteiger partial charge is 0.356 e. The fraction of sp³-hybridized carbons (Fsp3) is 0.471. The van der Waals surface area contributed by atoms with Gasteiger partial charge < -0.3 is 15.0 Å². The number of carbonyl (C=O) groups excluding carboxylic acids is 2. The molecule has 6 heteroatoms. The Morgan fingerprint density at radius 2 is 2.13 bits per heavy atom. The lowest BCUT2D eigenvalue weighted by Crippen LogP contribution is -2.28. The van der Waals surface area contributed by atoms with Crippen LogP contribution in [0.5, 0.6) is 0 Å². The van der Waals surface area contributed by atoms with E-state index in [0.29, 0.717) is 25.9 Å². The van der Waals surface area contributed by atoms with E-state index in [1.807, 2.05) is 35.7 Å². The van der Waals surface area contributed by atoms with Gasteiger partial charge in [-0.1, -0.05) is 6.07 Å². The number of nitrogens with zero attached hydrogens (tertiary/aromatic N) is 2. The van der Waals surface area contributed by atoms with E-state index in [1.54, 1.807) is 0 Å². The zero-order chi connectivity index (χ0) is 16.2. The molecule has 1 aliphatic carbocycles. The van der Waals surface area contributed by atoms with Gasteiger partial charge in [-0.3, -0.25) is 9.59 Å². The fourth-order valence-corrected chi connectivity index (χ4v) is 2.51. The molecule has 2 heterocycles. The van der Waals surface area contributed by atoms with Gasteiger partial charge in [-0.05, 0) is 38.3 Å². The Hall–Kier alpha value is -2.37. The van der Waals surface area contributed by atoms with Gasteiger partial charge >= 0.3 is 0 Å². The van der Waals surface area contributed by atoms with E-state index in [2.05, 4.69) is 15.6 Å². The summed E-state index contributed by atoms with van der Waals surface area (Å²) in [6.45, 7) is 3.01. The zero-order valence-corrected chi connectivity index (χ0v) is 13.3. The molecule has 0 atom stereocenters. The number of fused-ring (bicyclic) bond motifs is 1. The minimum absolute atomic E-state index is 0.0144. The first kappa shape index (κ1) is 15.5. The van der Waals surface area contributed by atoms with Crippen LogP contribution in [-0.2, 0) is 16.1 Å². The normalized spacial score (nSPS) is 14.0. The Kier molecular flexibility index (Phi) is 4.60. The van der Waals surface area contributed by atoms with E-state index in [0.717, 1.165) is 29.9 Å². The molecule has 2 aromatic heterocycles. The van der Waals surface area contributed by atoms with Crippen molar-refractivity contribution < 1.29 is 9.59 Å². The molecule has 0 radical (unpaired) electrons. The molecule has 0 bridgehead atoms. The number of aryl methyl sites for hydroxylation is 1. The number of hydrogen-bond donors (Lipinski definition) is 2. The third-order valence-electron chi connectivity index (χ3n) is 4.04. The van der Waals surface area contributed by atoms with Crippen LogP contribution < -0.4 is 10.6 Å². The molecule has 1 saturated carbocycles. The highest BCUT2D eigenvalue weighted by Crippen LogP contribution is 2.28. The van der Waals surface area contributed by atoms with Crippen LogP contribution in [0.1, 0.15) is 37.1 Å². The van der Waals surface area contributed by atoms with Crippen molar-refractivity contribution in [3.63, 3.8) is 0 Å². The van der Waals surface area contributed by atoms with Crippen LogP contribution in [-0.4, -0.2) is 27.7 Å². The van der Waals surface area contributed by atoms with Crippen molar-refractivity contribution in [3.05, 3.63) is 35.8 Å². The standard InChI is InChI=1S/C17H22N4O2/c1-12-4-2-5-15-20-14(11-21(12)15)10-19-16(22)6-3-9-18-17(23)13-7-8-13/h2,4-5,11,13H,3,6-10H2,1H3,(H,18,23)(H,19,22). The summed E-state index contributed by atoms with van der Waals surface area (Å²) in [6.07, 6.45) is 5.03. The van der Waals surface area contributed by atoms with Gasteiger partial charge in [0, 0.05) is 30.8 Å². The molecule has 1 aliphatic rings. The average Bonchev–Trinajstić information content (AvgIpc) is 3.30. The van der Waals surface area contributed by atoms with Gasteiger partial charge in [-0.2, -0.15) is 0 Å². The molecule has 122 valence electrons. The second kappa shape index (κ2) is 6.81. The quantitative estimate of drug-likeness (QED) is 0.762. The summed E-state index contributed by atoms with van der Waals surface area (Å²) >= 11 is 0. The van der Waals surface area contributed by atoms with Gasteiger partial charge in [0.25, 0.3) is 0 Å². The van der Waals surface area contributed by atoms with E-state index in [1.165, 1.54) is 0 Å². The maximum atomic E-state index is 11.8. The summed E-state index contributed by atoms with van der Waals surface area (Å²) in [5.74, 6) is 0.340. The molecule has 2 aromatic rings. The van der Waals surface area contributed by atoms with Crippen LogP contribution in [0, 0.1) is 12.8 Å². The predicted octanol–water partition coefficient (Wildman–Crippen LogP) is 1.57. The molecule has 0 saturated heterocycles. The van der Waals surface area contributed by atoms with Gasteiger partial charge in [0.2, 0.25) is 11.8 Å². The predicted molar refractivity (Wildman–Crippen MR) is 86.7 cm³/mol. The number of imidazole rings is 1. The summed E-state index contributed by atoms with van der Waals surface area (Å²) in [7, 11) is 0. The van der Waals surface area contributed by atoms with E-state index in [-0.39, 0.29) is 17.7 Å². The van der Waals surface area contributed by atoms with E-state index in [9.17, 15) is 9.59 Å². The summed E-state index contributed by atoms with van der Waals surface area (Å²) in [6, 6.07) is 5.93. The molecular formula is C17H22N4O2. The highest BCUT2D eigenvalue weighted by molar-refractivity contribution is 5.81. The minimum atomic E-state index is -0.0144. The maximum absolute atomic E-state index is 11.8. The van der Waals surface area contributed by atoms with Crippen molar-refractivity contribution in [2.45, 2.75) is 39.2 Å². The molecule has 2 N–H and O–H groups in total. The maximum Gasteiger partial charge on any atom is 0.223 e. The van der Waals surface area contributed by atoms with Crippen LogP contribution in [0.25, 0.3) is 5.65 Å². The molecule has 0 aliphatic heterocycles. The lowest BCUT2D eigenvalue weighted by molar-refractivity contribution is -0.123. The highest BCUT2D eigenvalue weighted by atomic mass is 16.2. The van der Waals surface area contributed by atoms with Crippen molar-refractivity contribution in [2.75, 3.05) is 6.54 Å². The van der Waals surface area contributed by atoms with Gasteiger partial charge in [0.15, 0.2) is 0 Å². The Balaban J connectivity index is 1.39. The molecule has 3 rings (SSSR count). The van der Waals surface area contributed by atoms with E-state index >= 15 is 0 Å². The molecule has 1 fully saturated rings. The van der Waals surface area contributed by atoms with Gasteiger partial charge in [0.1, 0.15) is 5.65 Å². The zero-order valence-electron chi connectivity index (χ0n) is 13.3. The number of rotatable bonds is 7. The highest BCUT2D eigenvalue weighted by Gasteiger charge is 2.28. The average molecular weight is 314 g/mol. The van der Waals surface area contributed by atoms with Gasteiger partial charge in [-0.15, -0.1) is 0 Å². The second-order valence-electron chi connectivity index (χ2n) is 6.07. The number of carbonyl (C=O) groups is 2. The third-order valence-corrected chi connectivity index (χ3v) is 4.04. The molecule has 6 nitrogen and oxygen atoms in total. The molecule has 23 heavy (non-hydrogen) atoms. The third kappa shape index (κ3) is 4.09. The lowest BCUT2D eigenvalue weighted by atomic mass is 10.3. The van der Waals surface area contributed by atoms with Crippen molar-refractivity contribution >= 4 is 17.5 Å². The summed E-state index contributed by atoms with van der Waals surface area (Å²) < 4.78 is 2.01. The molecule has 0 aromatic carbocycles. The Labute approximate surface area is 135 Å². The van der Waals surface area contributed by atoms with Crippen LogP contribution in [0.4, 0.5) is 0 Å². The SMILES string of the molecule is Cc1cccc2nc(CNC(=O)CCCNC(=O)C3CC3)cn12. The Morgan fingerprint density at radius 1 is 1.30 bits per heavy atom. The number of pyridine rings is 1. The van der Waals surface area contributed by atoms with Crippen molar-refractivity contribution in [3.8, 4) is 0 Å². The second-order valence-corrected chi connectivity index (χ2v) is 6.07. The van der Waals surface area contributed by atoms with E-state index < -0.39 is 0 Å². The smallest absolute Gasteiger partial charge is 0.223 e. The summed E-state index contributed by atoms with van der Waals surface area (Å²) in [4.78, 5) is 27.8. The Bertz CT molecular complexity index is 718. The number of aromatic nitrogens is 2.